The minimum absolute atomic E-state index is 0.0890. The second kappa shape index (κ2) is 8.77. The maximum atomic E-state index is 12.0. The zero-order chi connectivity index (χ0) is 16.6. The van der Waals surface area contributed by atoms with Crippen molar-refractivity contribution in [2.24, 2.45) is 0 Å². The number of Topliss-reactive ketones (excluding diaryl/α,β-unsaturated/α-hetero) is 1. The van der Waals surface area contributed by atoms with E-state index < -0.39 is 11.7 Å². The third-order valence-corrected chi connectivity index (χ3v) is 2.81. The van der Waals surface area contributed by atoms with Crippen molar-refractivity contribution in [3.05, 3.63) is 0 Å². The topological polar surface area (TPSA) is 64.8 Å². The van der Waals surface area contributed by atoms with E-state index >= 15 is 0 Å². The molecule has 0 fully saturated rings. The van der Waals surface area contributed by atoms with Crippen LogP contribution in [0.2, 0.25) is 0 Å². The van der Waals surface area contributed by atoms with Crippen molar-refractivity contribution in [1.82, 2.24) is 0 Å². The molecule has 6 heteroatoms. The van der Waals surface area contributed by atoms with Gasteiger partial charge in [0.05, 0.1) is 10.8 Å². The summed E-state index contributed by atoms with van der Waals surface area (Å²) in [4.78, 5) is 29.2. The Balaban J connectivity index is 4.50. The monoisotopic (exact) mass is 302 g/mol. The molecule has 0 rings (SSSR count). The van der Waals surface area contributed by atoms with Crippen molar-refractivity contribution >= 4 is 18.1 Å². The van der Waals surface area contributed by atoms with Crippen LogP contribution in [0.1, 0.15) is 54.9 Å². The number of ketones is 1. The van der Waals surface area contributed by atoms with Crippen molar-refractivity contribution in [2.45, 2.75) is 72.7 Å². The molecule has 0 aliphatic rings. The lowest BCUT2D eigenvalue weighted by molar-refractivity contribution is -0.731. The molecule has 0 N–H and O–H groups in total. The Morgan fingerprint density at radius 3 is 2.24 bits per heavy atom. The van der Waals surface area contributed by atoms with Crippen molar-refractivity contribution in [3.63, 3.8) is 0 Å². The first-order valence-corrected chi connectivity index (χ1v) is 7.27. The molecule has 0 aromatic heterocycles. The predicted molar refractivity (Wildman–Crippen MR) is 79.5 cm³/mol. The fourth-order valence-electron chi connectivity index (χ4n) is 1.50. The molecule has 0 saturated heterocycles. The molecule has 0 aromatic carbocycles. The summed E-state index contributed by atoms with van der Waals surface area (Å²) in [6.45, 7) is 12.1. The second-order valence-corrected chi connectivity index (χ2v) is 5.56. The zero-order valence-electron chi connectivity index (χ0n) is 14.1. The molecule has 0 aliphatic heterocycles. The van der Waals surface area contributed by atoms with Crippen molar-refractivity contribution in [1.29, 1.82) is 0 Å². The van der Waals surface area contributed by atoms with E-state index in [1.54, 1.807) is 20.8 Å². The smallest absolute Gasteiger partial charge is 0.400 e. The summed E-state index contributed by atoms with van der Waals surface area (Å²) in [5.41, 5.74) is -0.993. The Morgan fingerprint density at radius 1 is 1.24 bits per heavy atom. The van der Waals surface area contributed by atoms with Crippen LogP contribution in [-0.2, 0) is 19.1 Å². The summed E-state index contributed by atoms with van der Waals surface area (Å²) in [6.07, 6.45) is 1.28. The minimum atomic E-state index is -0.993. The van der Waals surface area contributed by atoms with Crippen LogP contribution in [0.5, 0.6) is 0 Å². The lowest BCUT2D eigenvalue weighted by Gasteiger charge is -2.25. The first-order chi connectivity index (χ1) is 9.63. The van der Waals surface area contributed by atoms with E-state index in [-0.39, 0.29) is 24.6 Å². The fraction of sp³-hybridized carbons (Fsp3) is 0.800. The SMILES string of the molecule is C/C=[N+](\OC(C)CC)C(=O)OCC(=O)C(C)(C)OC(C)C. The molecule has 1 unspecified atom stereocenters. The molecular weight excluding hydrogens is 274 g/mol. The average Bonchev–Trinajstić information content (AvgIpc) is 2.39. The van der Waals surface area contributed by atoms with Crippen molar-refractivity contribution in [2.75, 3.05) is 6.61 Å². The number of hydroxylamine groups is 1. The fourth-order valence-corrected chi connectivity index (χ4v) is 1.50. The van der Waals surface area contributed by atoms with Gasteiger partial charge >= 0.3 is 6.09 Å². The van der Waals surface area contributed by atoms with Gasteiger partial charge in [0, 0.05) is 6.92 Å². The predicted octanol–water partition coefficient (Wildman–Crippen LogP) is 2.73. The summed E-state index contributed by atoms with van der Waals surface area (Å²) in [6, 6.07) is 0. The molecule has 1 amide bonds. The summed E-state index contributed by atoms with van der Waals surface area (Å²) < 4.78 is 11.5. The number of rotatable bonds is 8. The highest BCUT2D eigenvalue weighted by atomic mass is 16.7. The molecule has 1 atom stereocenters. The average molecular weight is 302 g/mol. The van der Waals surface area contributed by atoms with Gasteiger partial charge < -0.3 is 9.47 Å². The molecule has 0 heterocycles. The number of hydrogen-bond donors (Lipinski definition) is 0. The Hall–Kier alpha value is -1.43. The highest BCUT2D eigenvalue weighted by molar-refractivity contribution is 5.88. The number of carbonyl (C=O) groups is 2. The maximum absolute atomic E-state index is 12.0. The second-order valence-electron chi connectivity index (χ2n) is 5.56. The lowest BCUT2D eigenvalue weighted by atomic mass is 10.0. The van der Waals surface area contributed by atoms with Gasteiger partial charge in [-0.05, 0) is 41.0 Å². The first-order valence-electron chi connectivity index (χ1n) is 7.27. The van der Waals surface area contributed by atoms with Crippen LogP contribution in [0.25, 0.3) is 0 Å². The van der Waals surface area contributed by atoms with Gasteiger partial charge in [-0.1, -0.05) is 6.92 Å². The molecule has 0 spiro atoms. The van der Waals surface area contributed by atoms with Crippen LogP contribution in [0, 0.1) is 0 Å². The summed E-state index contributed by atoms with van der Waals surface area (Å²) in [5, 5.41) is 0. The highest BCUT2D eigenvalue weighted by Crippen LogP contribution is 2.14. The van der Waals surface area contributed by atoms with Gasteiger partial charge in [-0.2, -0.15) is 4.79 Å². The quantitative estimate of drug-likeness (QED) is 0.392. The normalized spacial score (nSPS) is 14.0. The molecular formula is C15H28NO5+. The van der Waals surface area contributed by atoms with E-state index in [4.69, 9.17) is 14.3 Å². The van der Waals surface area contributed by atoms with Crippen LogP contribution in [0.15, 0.2) is 0 Å². The Morgan fingerprint density at radius 2 is 1.81 bits per heavy atom. The molecule has 6 nitrogen and oxygen atoms in total. The number of amides is 1. The summed E-state index contributed by atoms with van der Waals surface area (Å²) >= 11 is 0. The first kappa shape index (κ1) is 19.6. The van der Waals surface area contributed by atoms with Gasteiger partial charge in [0.15, 0.2) is 12.7 Å². The maximum Gasteiger partial charge on any atom is 0.646 e. The molecule has 0 bridgehead atoms. The van der Waals surface area contributed by atoms with Crippen LogP contribution < -0.4 is 0 Å². The van der Waals surface area contributed by atoms with Gasteiger partial charge in [-0.25, -0.2) is 0 Å². The Bertz CT molecular complexity index is 388. The summed E-state index contributed by atoms with van der Waals surface area (Å²) in [7, 11) is 0. The largest absolute Gasteiger partial charge is 0.646 e. The minimum Gasteiger partial charge on any atom is -0.400 e. The molecule has 21 heavy (non-hydrogen) atoms. The molecule has 0 saturated carbocycles. The number of carbonyl (C=O) groups excluding carboxylic acids is 2. The van der Waals surface area contributed by atoms with E-state index in [9.17, 15) is 9.59 Å². The van der Waals surface area contributed by atoms with E-state index in [0.29, 0.717) is 0 Å². The molecule has 122 valence electrons. The van der Waals surface area contributed by atoms with Crippen LogP contribution >= 0.6 is 0 Å². The van der Waals surface area contributed by atoms with Gasteiger partial charge in [-0.3, -0.25) is 9.63 Å². The van der Waals surface area contributed by atoms with Crippen LogP contribution in [0.4, 0.5) is 4.79 Å². The molecule has 0 radical (unpaired) electrons. The van der Waals surface area contributed by atoms with E-state index in [1.165, 1.54) is 6.21 Å². The number of ether oxygens (including phenoxy) is 2. The van der Waals surface area contributed by atoms with Gasteiger partial charge in [-0.15, -0.1) is 0 Å². The molecule has 0 aromatic rings. The van der Waals surface area contributed by atoms with Crippen molar-refractivity contribution in [3.8, 4) is 0 Å². The molecule has 0 aliphatic carbocycles. The van der Waals surface area contributed by atoms with Crippen molar-refractivity contribution < 1.29 is 28.6 Å². The van der Waals surface area contributed by atoms with Gasteiger partial charge in [0.25, 0.3) is 0 Å². The highest BCUT2D eigenvalue weighted by Gasteiger charge is 2.32. The van der Waals surface area contributed by atoms with Gasteiger partial charge in [0.1, 0.15) is 5.60 Å². The third-order valence-electron chi connectivity index (χ3n) is 2.81. The van der Waals surface area contributed by atoms with E-state index in [0.717, 1.165) is 11.2 Å². The van der Waals surface area contributed by atoms with Crippen LogP contribution in [-0.4, -0.2) is 47.2 Å². The number of hydrogen-bond acceptors (Lipinski definition) is 5. The van der Waals surface area contributed by atoms with E-state index in [2.05, 4.69) is 0 Å². The van der Waals surface area contributed by atoms with Crippen LogP contribution in [0.3, 0.4) is 0 Å². The third kappa shape index (κ3) is 7.22. The lowest BCUT2D eigenvalue weighted by Crippen LogP contribution is -2.41. The zero-order valence-corrected chi connectivity index (χ0v) is 14.1. The summed E-state index contributed by atoms with van der Waals surface area (Å²) in [5.74, 6) is -0.302. The Labute approximate surface area is 127 Å². The number of nitrogens with zero attached hydrogens (tertiary/aromatic N) is 1. The van der Waals surface area contributed by atoms with E-state index in [1.807, 2.05) is 27.7 Å². The Kier molecular flexibility index (Phi) is 8.17. The van der Waals surface area contributed by atoms with Gasteiger partial charge in [0.2, 0.25) is 12.0 Å². The standard InChI is InChI=1S/C15H28NO5/c1-8-12(5)21-16(9-2)14(18)19-10-13(17)15(6,7)20-11(3)4/h9,11-12H,8,10H2,1-7H3/q+1/b16-9-.